The van der Waals surface area contributed by atoms with Gasteiger partial charge in [-0.15, -0.1) is 0 Å². The standard InChI is InChI=1S/C24H30ClN3O4S/c25-22-7-9-23(10-8-22)33(30,31)28-11-3-6-21(18-28)24(29)26-16-19-4-1-2-5-20(19)17-27-12-14-32-15-13-27/h1-2,4-5,7-10,21H,3,6,11-18H2,(H,26,29). The highest BCUT2D eigenvalue weighted by molar-refractivity contribution is 7.89. The Morgan fingerprint density at radius 1 is 1.03 bits per heavy atom. The highest BCUT2D eigenvalue weighted by atomic mass is 35.5. The number of nitrogens with zero attached hydrogens (tertiary/aromatic N) is 2. The van der Waals surface area contributed by atoms with Crippen LogP contribution in [0.1, 0.15) is 24.0 Å². The predicted molar refractivity (Wildman–Crippen MR) is 127 cm³/mol. The summed E-state index contributed by atoms with van der Waals surface area (Å²) in [5, 5.41) is 3.53. The van der Waals surface area contributed by atoms with Crippen molar-refractivity contribution in [1.82, 2.24) is 14.5 Å². The zero-order chi connectivity index (χ0) is 23.3. The molecule has 0 aliphatic carbocycles. The van der Waals surface area contributed by atoms with Crippen LogP contribution in [-0.2, 0) is 32.6 Å². The van der Waals surface area contributed by atoms with E-state index in [0.29, 0.717) is 31.0 Å². The molecule has 0 saturated carbocycles. The van der Waals surface area contributed by atoms with Gasteiger partial charge >= 0.3 is 0 Å². The van der Waals surface area contributed by atoms with Crippen molar-refractivity contribution in [3.63, 3.8) is 0 Å². The third-order valence-corrected chi connectivity index (χ3v) is 8.41. The number of halogens is 1. The fourth-order valence-electron chi connectivity index (χ4n) is 4.34. The van der Waals surface area contributed by atoms with Gasteiger partial charge in [-0.3, -0.25) is 9.69 Å². The van der Waals surface area contributed by atoms with E-state index >= 15 is 0 Å². The van der Waals surface area contributed by atoms with Crippen LogP contribution in [0.15, 0.2) is 53.4 Å². The summed E-state index contributed by atoms with van der Waals surface area (Å²) in [4.78, 5) is 15.5. The molecule has 0 bridgehead atoms. The molecule has 0 aromatic heterocycles. The van der Waals surface area contributed by atoms with E-state index in [1.54, 1.807) is 12.1 Å². The first-order chi connectivity index (χ1) is 15.9. The molecule has 0 spiro atoms. The number of carbonyl (C=O) groups is 1. The summed E-state index contributed by atoms with van der Waals surface area (Å²) in [6.45, 7) is 5.16. The average Bonchev–Trinajstić information content (AvgIpc) is 2.84. The Bertz CT molecular complexity index is 1060. The van der Waals surface area contributed by atoms with Crippen LogP contribution in [0.5, 0.6) is 0 Å². The Hall–Kier alpha value is -1.97. The normalized spacial score (nSPS) is 20.5. The minimum Gasteiger partial charge on any atom is -0.379 e. The van der Waals surface area contributed by atoms with Crippen LogP contribution in [0.4, 0.5) is 0 Å². The SMILES string of the molecule is O=C(NCc1ccccc1CN1CCOCC1)C1CCCN(S(=O)(=O)c2ccc(Cl)cc2)C1. The van der Waals surface area contributed by atoms with E-state index in [9.17, 15) is 13.2 Å². The predicted octanol–water partition coefficient (Wildman–Crippen LogP) is 2.89. The second kappa shape index (κ2) is 11.0. The number of nitrogens with one attached hydrogen (secondary N) is 1. The lowest BCUT2D eigenvalue weighted by atomic mass is 9.98. The number of hydrogen-bond donors (Lipinski definition) is 1. The van der Waals surface area contributed by atoms with E-state index in [1.807, 2.05) is 18.2 Å². The molecule has 1 unspecified atom stereocenters. The summed E-state index contributed by atoms with van der Waals surface area (Å²) in [6.07, 6.45) is 1.33. The molecule has 1 N–H and O–H groups in total. The first-order valence-corrected chi connectivity index (χ1v) is 13.2. The van der Waals surface area contributed by atoms with Crippen molar-refractivity contribution in [2.45, 2.75) is 30.8 Å². The van der Waals surface area contributed by atoms with Gasteiger partial charge in [0, 0.05) is 44.3 Å². The lowest BCUT2D eigenvalue weighted by Gasteiger charge is -2.31. The number of morpholine rings is 1. The van der Waals surface area contributed by atoms with Gasteiger partial charge < -0.3 is 10.1 Å². The third kappa shape index (κ3) is 6.13. The number of hydrogen-bond acceptors (Lipinski definition) is 5. The van der Waals surface area contributed by atoms with Crippen molar-refractivity contribution in [2.75, 3.05) is 39.4 Å². The van der Waals surface area contributed by atoms with Crippen LogP contribution in [0.2, 0.25) is 5.02 Å². The molecule has 2 saturated heterocycles. The second-order valence-corrected chi connectivity index (χ2v) is 10.9. The lowest BCUT2D eigenvalue weighted by molar-refractivity contribution is -0.126. The largest absolute Gasteiger partial charge is 0.379 e. The smallest absolute Gasteiger partial charge is 0.243 e. The maximum atomic E-state index is 13.0. The molecule has 178 valence electrons. The zero-order valence-corrected chi connectivity index (χ0v) is 20.2. The first-order valence-electron chi connectivity index (χ1n) is 11.3. The summed E-state index contributed by atoms with van der Waals surface area (Å²) >= 11 is 5.89. The number of sulfonamides is 1. The van der Waals surface area contributed by atoms with Crippen LogP contribution < -0.4 is 5.32 Å². The summed E-state index contributed by atoms with van der Waals surface area (Å²) in [5.41, 5.74) is 2.27. The van der Waals surface area contributed by atoms with E-state index in [1.165, 1.54) is 22.0 Å². The Kier molecular flexibility index (Phi) is 8.03. The highest BCUT2D eigenvalue weighted by Gasteiger charge is 2.33. The monoisotopic (exact) mass is 491 g/mol. The number of rotatable bonds is 7. The van der Waals surface area contributed by atoms with Crippen LogP contribution in [0.3, 0.4) is 0 Å². The Balaban J connectivity index is 1.37. The van der Waals surface area contributed by atoms with E-state index in [0.717, 1.165) is 38.4 Å². The van der Waals surface area contributed by atoms with E-state index in [2.05, 4.69) is 16.3 Å². The van der Waals surface area contributed by atoms with Crippen molar-refractivity contribution < 1.29 is 17.9 Å². The third-order valence-electron chi connectivity index (χ3n) is 6.28. The van der Waals surface area contributed by atoms with Gasteiger partial charge in [0.1, 0.15) is 0 Å². The molecule has 2 aliphatic heterocycles. The Labute approximate surface area is 200 Å². The van der Waals surface area contributed by atoms with Gasteiger partial charge in [0.15, 0.2) is 0 Å². The molecule has 1 amide bonds. The molecule has 2 aromatic carbocycles. The average molecular weight is 492 g/mol. The molecule has 7 nitrogen and oxygen atoms in total. The van der Waals surface area contributed by atoms with Crippen molar-refractivity contribution in [1.29, 1.82) is 0 Å². The number of amides is 1. The van der Waals surface area contributed by atoms with E-state index < -0.39 is 10.0 Å². The quantitative estimate of drug-likeness (QED) is 0.644. The number of ether oxygens (including phenoxy) is 1. The van der Waals surface area contributed by atoms with Gasteiger partial charge in [0.05, 0.1) is 24.0 Å². The summed E-state index contributed by atoms with van der Waals surface area (Å²) in [5.74, 6) is -0.473. The van der Waals surface area contributed by atoms with Crippen LogP contribution >= 0.6 is 11.6 Å². The van der Waals surface area contributed by atoms with Gasteiger partial charge in [-0.2, -0.15) is 4.31 Å². The zero-order valence-electron chi connectivity index (χ0n) is 18.6. The molecular weight excluding hydrogens is 462 g/mol. The highest BCUT2D eigenvalue weighted by Crippen LogP contribution is 2.25. The van der Waals surface area contributed by atoms with Gasteiger partial charge in [-0.05, 0) is 48.2 Å². The molecule has 9 heteroatoms. The van der Waals surface area contributed by atoms with Crippen LogP contribution in [0.25, 0.3) is 0 Å². The maximum Gasteiger partial charge on any atom is 0.243 e. The minimum absolute atomic E-state index is 0.104. The second-order valence-electron chi connectivity index (χ2n) is 8.53. The van der Waals surface area contributed by atoms with Crippen molar-refractivity contribution in [3.8, 4) is 0 Å². The molecule has 2 fully saturated rings. The van der Waals surface area contributed by atoms with Gasteiger partial charge in [-0.25, -0.2) is 8.42 Å². The van der Waals surface area contributed by atoms with E-state index in [4.69, 9.17) is 16.3 Å². The Morgan fingerprint density at radius 3 is 2.45 bits per heavy atom. The molecule has 33 heavy (non-hydrogen) atoms. The lowest BCUT2D eigenvalue weighted by Crippen LogP contribution is -2.45. The van der Waals surface area contributed by atoms with Crippen molar-refractivity contribution in [3.05, 3.63) is 64.7 Å². The van der Waals surface area contributed by atoms with Gasteiger partial charge in [0.2, 0.25) is 15.9 Å². The fourth-order valence-corrected chi connectivity index (χ4v) is 5.99. The molecule has 2 heterocycles. The molecule has 1 atom stereocenters. The first kappa shape index (κ1) is 24.2. The molecule has 0 radical (unpaired) electrons. The van der Waals surface area contributed by atoms with E-state index in [-0.39, 0.29) is 23.3 Å². The number of benzene rings is 2. The van der Waals surface area contributed by atoms with Gasteiger partial charge in [0.25, 0.3) is 0 Å². The van der Waals surface area contributed by atoms with Gasteiger partial charge in [-0.1, -0.05) is 35.9 Å². The Morgan fingerprint density at radius 2 is 1.73 bits per heavy atom. The molecule has 2 aromatic rings. The summed E-state index contributed by atoms with van der Waals surface area (Å²) < 4.78 is 32.9. The number of carbonyl (C=O) groups excluding carboxylic acids is 1. The summed E-state index contributed by atoms with van der Waals surface area (Å²) in [6, 6.07) is 14.3. The molecular formula is C24H30ClN3O4S. The molecule has 4 rings (SSSR count). The maximum absolute atomic E-state index is 13.0. The van der Waals surface area contributed by atoms with Crippen LogP contribution in [-0.4, -0.2) is 62.9 Å². The molecule has 2 aliphatic rings. The van der Waals surface area contributed by atoms with Crippen LogP contribution in [0, 0.1) is 5.92 Å². The topological polar surface area (TPSA) is 79.0 Å². The summed E-state index contributed by atoms with van der Waals surface area (Å²) in [7, 11) is -3.66. The van der Waals surface area contributed by atoms with Crippen molar-refractivity contribution >= 4 is 27.5 Å². The van der Waals surface area contributed by atoms with Crippen molar-refractivity contribution in [2.24, 2.45) is 5.92 Å². The fraction of sp³-hybridized carbons (Fsp3) is 0.458. The minimum atomic E-state index is -3.66. The number of piperidine rings is 1.